The first kappa shape index (κ1) is 19.4. The van der Waals surface area contributed by atoms with Crippen molar-refractivity contribution in [1.29, 1.82) is 0 Å². The van der Waals surface area contributed by atoms with Gasteiger partial charge in [-0.05, 0) is 26.7 Å². The molecule has 0 aliphatic carbocycles. The smallest absolute Gasteiger partial charge is 0.0700 e. The Bertz CT molecular complexity index is 153. The molecule has 1 nitrogen and oxygen atoms in total. The Balaban J connectivity index is 0. The molecule has 16 heavy (non-hydrogen) atoms. The third kappa shape index (κ3) is 11.6. The predicted molar refractivity (Wildman–Crippen MR) is 70.2 cm³/mol. The van der Waals surface area contributed by atoms with Gasteiger partial charge in [0.05, 0.1) is 7.85 Å². The van der Waals surface area contributed by atoms with Gasteiger partial charge in [0, 0.05) is 43.2 Å². The molecule has 0 saturated heterocycles. The van der Waals surface area contributed by atoms with Gasteiger partial charge in [0.25, 0.3) is 0 Å². The van der Waals surface area contributed by atoms with Gasteiger partial charge in [-0.3, -0.25) is 0 Å². The third-order valence-corrected chi connectivity index (χ3v) is 2.84. The van der Waals surface area contributed by atoms with Crippen molar-refractivity contribution in [3.8, 4) is 0 Å². The van der Waals surface area contributed by atoms with Gasteiger partial charge in [-0.2, -0.15) is 5.92 Å². The van der Waals surface area contributed by atoms with E-state index in [9.17, 15) is 0 Å². The Kier molecular flexibility index (Phi) is 13.6. The Labute approximate surface area is 128 Å². The summed E-state index contributed by atoms with van der Waals surface area (Å²) in [7, 11) is 5.92. The maximum atomic E-state index is 5.92. The van der Waals surface area contributed by atoms with E-state index in [1.807, 2.05) is 0 Å². The molecule has 4 atom stereocenters. The molecule has 1 N–H and O–H groups in total. The molecule has 0 spiro atoms. The van der Waals surface area contributed by atoms with Gasteiger partial charge in [-0.1, -0.05) is 32.5 Å². The van der Waals surface area contributed by atoms with Crippen LogP contribution < -0.4 is 5.32 Å². The van der Waals surface area contributed by atoms with Crippen molar-refractivity contribution in [3.05, 3.63) is 6.92 Å². The molecular weight excluding hydrogens is 419 g/mol. The van der Waals surface area contributed by atoms with Gasteiger partial charge >= 0.3 is 0 Å². The van der Waals surface area contributed by atoms with Gasteiger partial charge in [0.2, 0.25) is 0 Å². The van der Waals surface area contributed by atoms with Crippen molar-refractivity contribution in [2.45, 2.75) is 71.3 Å². The molecule has 0 unspecified atom stereocenters. The van der Waals surface area contributed by atoms with Crippen LogP contribution in [0.5, 0.6) is 0 Å². The van der Waals surface area contributed by atoms with Crippen molar-refractivity contribution in [3.63, 3.8) is 0 Å². The Hall–Kier alpha value is 1.08. The van der Waals surface area contributed by atoms with E-state index in [1.165, 1.54) is 12.8 Å². The summed E-state index contributed by atoms with van der Waals surface area (Å²) in [5.74, 6) is 0.897. The van der Waals surface area contributed by atoms with Crippen molar-refractivity contribution >= 4 is 7.85 Å². The van der Waals surface area contributed by atoms with E-state index in [0.717, 1.165) is 12.8 Å². The molecule has 0 aromatic heterocycles. The number of hydrogen-bond donors (Lipinski definition) is 1. The minimum Gasteiger partial charge on any atom is -0.341 e. The largest absolute Gasteiger partial charge is 0.341 e. The van der Waals surface area contributed by atoms with Crippen molar-refractivity contribution < 1.29 is 31.1 Å². The molecule has 0 aromatic carbocycles. The topological polar surface area (TPSA) is 12.0 Å². The molecule has 0 heterocycles. The molecule has 0 rings (SSSR count). The summed E-state index contributed by atoms with van der Waals surface area (Å²) in [6.45, 7) is 12.8. The normalized spacial score (nSPS) is 18.3. The van der Waals surface area contributed by atoms with Crippen LogP contribution in [-0.2, 0) is 0 Å². The van der Waals surface area contributed by atoms with Crippen LogP contribution in [0.1, 0.15) is 53.4 Å². The zero-order valence-corrected chi connectivity index (χ0v) is 15.6. The quantitative estimate of drug-likeness (QED) is 0.446. The zero-order chi connectivity index (χ0) is 11.8. The maximum Gasteiger partial charge on any atom is 0.0700 e. The third-order valence-electron chi connectivity index (χ3n) is 2.84. The van der Waals surface area contributed by atoms with E-state index in [1.54, 1.807) is 0 Å². The van der Waals surface area contributed by atoms with Gasteiger partial charge in [-0.15, -0.1) is 0 Å². The second-order valence-corrected chi connectivity index (χ2v) is 5.06. The molecule has 0 aromatic rings. The molecule has 3 heteroatoms. The van der Waals surface area contributed by atoms with Gasteiger partial charge in [-0.25, -0.2) is 0 Å². The van der Waals surface area contributed by atoms with Crippen LogP contribution in [0.3, 0.4) is 0 Å². The second-order valence-electron chi connectivity index (χ2n) is 5.06. The fraction of sp³-hybridized carbons (Fsp3) is 0.923. The Morgan fingerprint density at radius 2 is 1.69 bits per heavy atom. The average Bonchev–Trinajstić information content (AvgIpc) is 2.14. The van der Waals surface area contributed by atoms with Crippen LogP contribution >= 0.6 is 0 Å². The number of nitrogens with one attached hydrogen (secondary N) is 1. The minimum atomic E-state index is 0. The maximum absolute atomic E-state index is 5.92. The summed E-state index contributed by atoms with van der Waals surface area (Å²) >= 11 is 0. The predicted octanol–water partition coefficient (Wildman–Crippen LogP) is 3.36. The Morgan fingerprint density at radius 3 is 2.12 bits per heavy atom. The van der Waals surface area contributed by atoms with Crippen LogP contribution in [0.25, 0.3) is 0 Å². The summed E-state index contributed by atoms with van der Waals surface area (Å²) < 4.78 is 0. The van der Waals surface area contributed by atoms with E-state index < -0.39 is 0 Å². The molecule has 0 fully saturated rings. The standard InChI is InChI=1S/C13H27BN.U/c1-6-13(14)9-12(5)15-11(4)8-7-10(2)3;/h10-13,15H,2,6-9H2,1,3-5H3;/q-1;/t10-,11+,12-,13+;/m1./s1. The molecule has 0 aliphatic rings. The fourth-order valence-corrected chi connectivity index (χ4v) is 1.79. The minimum absolute atomic E-state index is 0. The van der Waals surface area contributed by atoms with E-state index in [-0.39, 0.29) is 31.1 Å². The van der Waals surface area contributed by atoms with Crippen molar-refractivity contribution in [2.75, 3.05) is 0 Å². The van der Waals surface area contributed by atoms with Crippen LogP contribution in [0, 0.1) is 44.0 Å². The second kappa shape index (κ2) is 11.2. The number of rotatable bonds is 8. The average molecular weight is 446 g/mol. The van der Waals surface area contributed by atoms with Gasteiger partial charge in [0.1, 0.15) is 0 Å². The fourth-order valence-electron chi connectivity index (χ4n) is 1.79. The van der Waals surface area contributed by atoms with E-state index in [4.69, 9.17) is 7.85 Å². The van der Waals surface area contributed by atoms with Crippen LogP contribution in [0.4, 0.5) is 0 Å². The summed E-state index contributed by atoms with van der Waals surface area (Å²) in [6, 6.07) is 1.10. The van der Waals surface area contributed by atoms with Gasteiger partial charge in [0.15, 0.2) is 0 Å². The van der Waals surface area contributed by atoms with E-state index in [0.29, 0.717) is 23.8 Å². The van der Waals surface area contributed by atoms with Crippen LogP contribution in [0.2, 0.25) is 5.82 Å². The first-order valence-electron chi connectivity index (χ1n) is 6.30. The molecule has 0 bridgehead atoms. The molecular formula is C13H27BNU-. The summed E-state index contributed by atoms with van der Waals surface area (Å²) in [5.41, 5.74) is 0. The molecule has 0 amide bonds. The molecule has 92 valence electrons. The van der Waals surface area contributed by atoms with Crippen molar-refractivity contribution in [2.24, 2.45) is 5.92 Å². The van der Waals surface area contributed by atoms with Crippen LogP contribution in [-0.4, -0.2) is 19.9 Å². The van der Waals surface area contributed by atoms with E-state index in [2.05, 4.69) is 39.9 Å². The summed E-state index contributed by atoms with van der Waals surface area (Å²) in [4.78, 5) is 0. The first-order valence-corrected chi connectivity index (χ1v) is 6.30. The zero-order valence-electron chi connectivity index (χ0n) is 11.4. The van der Waals surface area contributed by atoms with Gasteiger partial charge < -0.3 is 12.2 Å². The summed E-state index contributed by atoms with van der Waals surface area (Å²) in [6.07, 6.45) is 4.54. The monoisotopic (exact) mass is 446 g/mol. The van der Waals surface area contributed by atoms with Crippen molar-refractivity contribution in [1.82, 2.24) is 5.32 Å². The first-order chi connectivity index (χ1) is 6.95. The molecule has 0 saturated carbocycles. The van der Waals surface area contributed by atoms with E-state index >= 15 is 0 Å². The van der Waals surface area contributed by atoms with Crippen LogP contribution in [0.15, 0.2) is 0 Å². The molecule has 2 radical (unpaired) electrons. The molecule has 0 aliphatic heterocycles. The summed E-state index contributed by atoms with van der Waals surface area (Å²) in [5, 5.41) is 3.59. The Morgan fingerprint density at radius 1 is 1.12 bits per heavy atom. The number of hydrogen-bond acceptors (Lipinski definition) is 1. The SMILES string of the molecule is [B][C@@H](CC)C[C@@H](C)N[C@@H](C)CC[C@H]([CH2-])C.[U].